The lowest BCUT2D eigenvalue weighted by Crippen LogP contribution is -2.01. The summed E-state index contributed by atoms with van der Waals surface area (Å²) in [5, 5.41) is 3.37. The number of rotatable bonds is 4. The molecule has 0 atom stereocenters. The van der Waals surface area contributed by atoms with Gasteiger partial charge in [0.05, 0.1) is 0 Å². The molecule has 0 aliphatic rings. The predicted octanol–water partition coefficient (Wildman–Crippen LogP) is -0.329. The summed E-state index contributed by atoms with van der Waals surface area (Å²) >= 11 is 0. The Bertz CT molecular complexity index is 192. The van der Waals surface area contributed by atoms with Gasteiger partial charge < -0.3 is 9.79 Å². The average Bonchev–Trinajstić information content (AvgIpc) is 1.85. The monoisotopic (exact) mass is 184 g/mol. The van der Waals surface area contributed by atoms with E-state index in [0.29, 0.717) is 0 Å². The molecule has 0 heterocycles. The van der Waals surface area contributed by atoms with Crippen molar-refractivity contribution in [1.82, 2.24) is 0 Å². The van der Waals surface area contributed by atoms with Gasteiger partial charge in [-0.2, -0.15) is 0 Å². The maximum absolute atomic E-state index is 10.1. The Balaban J connectivity index is 3.51. The van der Waals surface area contributed by atoms with E-state index in [2.05, 4.69) is 21.2 Å². The highest BCUT2D eigenvalue weighted by molar-refractivity contribution is 7.46. The van der Waals surface area contributed by atoms with E-state index in [-0.39, 0.29) is 0 Å². The van der Waals surface area contributed by atoms with Crippen LogP contribution in [-0.4, -0.2) is 15.8 Å². The molecule has 2 N–H and O–H groups in total. The first kappa shape index (κ1) is 10.3. The van der Waals surface area contributed by atoms with Crippen LogP contribution in [0.4, 0.5) is 0 Å². The summed E-state index contributed by atoms with van der Waals surface area (Å²) in [5.74, 6) is -1.03. The zero-order chi connectivity index (χ0) is 8.91. The number of hydrogen-bond donors (Lipinski definition) is 2. The molecule has 0 aromatic rings. The van der Waals surface area contributed by atoms with Crippen molar-refractivity contribution in [3.8, 4) is 0 Å². The second kappa shape index (κ2) is 4.22. The highest BCUT2D eigenvalue weighted by atomic mass is 31.2. The fourth-order valence-electron chi connectivity index (χ4n) is 0.122. The molecule has 0 saturated carbocycles. The minimum Gasteiger partial charge on any atom is -0.301 e. The molecule has 0 aromatic heterocycles. The molecule has 0 rings (SSSR count). The third-order valence-corrected chi connectivity index (χ3v) is 0.665. The van der Waals surface area contributed by atoms with Gasteiger partial charge in [-0.3, -0.25) is 4.89 Å². The highest BCUT2D eigenvalue weighted by Crippen LogP contribution is 2.35. The van der Waals surface area contributed by atoms with E-state index in [1.807, 2.05) is 0 Å². The van der Waals surface area contributed by atoms with Crippen molar-refractivity contribution in [3.63, 3.8) is 0 Å². The number of hydrogen-bond acceptors (Lipinski definition) is 5. The van der Waals surface area contributed by atoms with Crippen LogP contribution in [-0.2, 0) is 24.0 Å². The summed E-state index contributed by atoms with van der Waals surface area (Å²) in [6.07, 6.45) is 0.725. The van der Waals surface area contributed by atoms with Gasteiger partial charge in [-0.15, -0.1) is 0 Å². The number of carbonyl (C=O) groups excluding carboxylic acids is 1. The molecule has 11 heavy (non-hydrogen) atoms. The molecule has 0 spiro atoms. The van der Waals surface area contributed by atoms with E-state index in [0.717, 1.165) is 6.08 Å². The van der Waals surface area contributed by atoms with Crippen LogP contribution in [0.15, 0.2) is 12.7 Å². The minimum atomic E-state index is -4.77. The van der Waals surface area contributed by atoms with Crippen LogP contribution >= 0.6 is 7.82 Å². The van der Waals surface area contributed by atoms with Crippen molar-refractivity contribution in [3.05, 3.63) is 12.7 Å². The lowest BCUT2D eigenvalue weighted by Gasteiger charge is -1.99. The van der Waals surface area contributed by atoms with Gasteiger partial charge in [0.15, 0.2) is 0 Å². The zero-order valence-electron chi connectivity index (χ0n) is 5.17. The van der Waals surface area contributed by atoms with Gasteiger partial charge in [0, 0.05) is 6.08 Å². The Morgan fingerprint density at radius 3 is 2.45 bits per heavy atom. The molecule has 0 unspecified atom stereocenters. The van der Waals surface area contributed by atoms with Crippen molar-refractivity contribution in [2.75, 3.05) is 0 Å². The lowest BCUT2D eigenvalue weighted by atomic mass is 10.7. The van der Waals surface area contributed by atoms with Crippen molar-refractivity contribution < 1.29 is 33.7 Å². The Labute approximate surface area is 61.3 Å². The Morgan fingerprint density at radius 1 is 1.55 bits per heavy atom. The summed E-state index contributed by atoms with van der Waals surface area (Å²) in [7, 11) is -4.77. The third-order valence-electron chi connectivity index (χ3n) is 0.410. The molecule has 64 valence electrons. The van der Waals surface area contributed by atoms with E-state index >= 15 is 0 Å². The van der Waals surface area contributed by atoms with Crippen LogP contribution in [0.1, 0.15) is 0 Å². The Hall–Kier alpha value is -0.720. The van der Waals surface area contributed by atoms with Gasteiger partial charge >= 0.3 is 13.8 Å². The first-order chi connectivity index (χ1) is 4.95. The van der Waals surface area contributed by atoms with E-state index in [1.165, 1.54) is 0 Å². The summed E-state index contributed by atoms with van der Waals surface area (Å²) < 4.78 is 13.1. The van der Waals surface area contributed by atoms with Crippen LogP contribution in [0.3, 0.4) is 0 Å². The standard InChI is InChI=1S/C3H5O7P/c1-2-3(4)8-9-10-11(5,6)7/h2H,1H2,(H2,5,6,7). The predicted molar refractivity (Wildman–Crippen MR) is 30.5 cm³/mol. The first-order valence-corrected chi connectivity index (χ1v) is 3.73. The molecule has 0 aromatic carbocycles. The first-order valence-electron chi connectivity index (χ1n) is 2.20. The van der Waals surface area contributed by atoms with Gasteiger partial charge in [-0.25, -0.2) is 9.36 Å². The molecule has 0 radical (unpaired) electrons. The van der Waals surface area contributed by atoms with Gasteiger partial charge in [-0.05, 0) is 5.04 Å². The quantitative estimate of drug-likeness (QED) is 0.267. The van der Waals surface area contributed by atoms with E-state index < -0.39 is 13.8 Å². The van der Waals surface area contributed by atoms with Gasteiger partial charge in [-0.1, -0.05) is 11.3 Å². The number of phosphoric acid groups is 1. The molecule has 0 amide bonds. The van der Waals surface area contributed by atoms with E-state index in [4.69, 9.17) is 9.79 Å². The fourth-order valence-corrected chi connectivity index (χ4v) is 0.232. The maximum atomic E-state index is 10.1. The largest absolute Gasteiger partial charge is 0.499 e. The van der Waals surface area contributed by atoms with Gasteiger partial charge in [0.2, 0.25) is 0 Å². The van der Waals surface area contributed by atoms with Crippen LogP contribution < -0.4 is 0 Å². The second-order valence-electron chi connectivity index (χ2n) is 1.24. The lowest BCUT2D eigenvalue weighted by molar-refractivity contribution is -0.441. The van der Waals surface area contributed by atoms with Crippen LogP contribution in [0.5, 0.6) is 0 Å². The third kappa shape index (κ3) is 7.17. The van der Waals surface area contributed by atoms with Crippen LogP contribution in [0.2, 0.25) is 0 Å². The molecular weight excluding hydrogens is 179 g/mol. The number of carbonyl (C=O) groups is 1. The van der Waals surface area contributed by atoms with Crippen molar-refractivity contribution in [2.45, 2.75) is 0 Å². The second-order valence-corrected chi connectivity index (χ2v) is 2.37. The van der Waals surface area contributed by atoms with Gasteiger partial charge in [0.1, 0.15) is 0 Å². The van der Waals surface area contributed by atoms with Crippen molar-refractivity contribution in [1.29, 1.82) is 0 Å². The SMILES string of the molecule is C=CC(=O)OOOP(=O)(O)O. The molecule has 0 bridgehead atoms. The molecule has 0 fully saturated rings. The topological polar surface area (TPSA) is 102 Å². The van der Waals surface area contributed by atoms with E-state index in [9.17, 15) is 9.36 Å². The normalized spacial score (nSPS) is 10.7. The molecule has 0 aliphatic heterocycles. The smallest absolute Gasteiger partial charge is 0.301 e. The summed E-state index contributed by atoms with van der Waals surface area (Å²) in [6.45, 7) is 2.97. The zero-order valence-corrected chi connectivity index (χ0v) is 6.06. The summed E-state index contributed by atoms with van der Waals surface area (Å²) in [6, 6.07) is 0. The summed E-state index contributed by atoms with van der Waals surface area (Å²) in [4.78, 5) is 29.6. The highest BCUT2D eigenvalue weighted by Gasteiger charge is 2.16. The maximum Gasteiger partial charge on any atom is 0.499 e. The van der Waals surface area contributed by atoms with Crippen molar-refractivity contribution >= 4 is 13.8 Å². The molecule has 7 nitrogen and oxygen atoms in total. The van der Waals surface area contributed by atoms with E-state index in [1.54, 1.807) is 0 Å². The molecule has 0 aliphatic carbocycles. The molecule has 0 saturated heterocycles. The Kier molecular flexibility index (Phi) is 3.94. The molecule has 8 heteroatoms. The molecular formula is C3H5O7P. The Morgan fingerprint density at radius 2 is 2.09 bits per heavy atom. The summed E-state index contributed by atoms with van der Waals surface area (Å²) in [5.41, 5.74) is 0. The average molecular weight is 184 g/mol. The van der Waals surface area contributed by atoms with Gasteiger partial charge in [0.25, 0.3) is 0 Å². The fraction of sp³-hybridized carbons (Fsp3) is 0. The minimum absolute atomic E-state index is 0.725. The van der Waals surface area contributed by atoms with Crippen LogP contribution in [0.25, 0.3) is 0 Å². The van der Waals surface area contributed by atoms with Crippen molar-refractivity contribution in [2.24, 2.45) is 0 Å². The van der Waals surface area contributed by atoms with Crippen LogP contribution in [0, 0.1) is 0 Å².